The third-order valence-corrected chi connectivity index (χ3v) is 4.24. The summed E-state index contributed by atoms with van der Waals surface area (Å²) >= 11 is 1.96. The summed E-state index contributed by atoms with van der Waals surface area (Å²) in [6.07, 6.45) is 2.20. The van der Waals surface area contributed by atoms with Crippen molar-refractivity contribution in [2.24, 2.45) is 11.8 Å². The van der Waals surface area contributed by atoms with Gasteiger partial charge in [-0.2, -0.15) is 11.8 Å². The first kappa shape index (κ1) is 14.3. The summed E-state index contributed by atoms with van der Waals surface area (Å²) < 4.78 is 0. The Morgan fingerprint density at radius 3 is 2.44 bits per heavy atom. The first-order chi connectivity index (χ1) is 7.56. The van der Waals surface area contributed by atoms with Crippen LogP contribution in [0.25, 0.3) is 0 Å². The SMILES string of the molecule is CSCCN1CC(C(C)C)NCC1C(C)C. The molecule has 1 heterocycles. The van der Waals surface area contributed by atoms with E-state index in [0.717, 1.165) is 24.4 Å². The molecule has 3 heteroatoms. The molecule has 1 fully saturated rings. The molecule has 1 N–H and O–H groups in total. The van der Waals surface area contributed by atoms with Crippen LogP contribution in [0.1, 0.15) is 27.7 Å². The van der Waals surface area contributed by atoms with Crippen molar-refractivity contribution >= 4 is 11.8 Å². The average Bonchev–Trinajstić information content (AvgIpc) is 2.25. The van der Waals surface area contributed by atoms with Gasteiger partial charge < -0.3 is 5.32 Å². The predicted octanol–water partition coefficient (Wildman–Crippen LogP) is 2.30. The minimum absolute atomic E-state index is 0.678. The van der Waals surface area contributed by atoms with Crippen molar-refractivity contribution in [3.63, 3.8) is 0 Å². The van der Waals surface area contributed by atoms with Crippen molar-refractivity contribution in [2.45, 2.75) is 39.8 Å². The average molecular weight is 244 g/mol. The summed E-state index contributed by atoms with van der Waals surface area (Å²) in [7, 11) is 0. The standard InChI is InChI=1S/C13H28N2S/c1-10(2)12-9-15(6-7-16-5)13(8-14-12)11(3)4/h10-14H,6-9H2,1-5H3. The third kappa shape index (κ3) is 3.94. The van der Waals surface area contributed by atoms with Crippen molar-refractivity contribution in [3.8, 4) is 0 Å². The van der Waals surface area contributed by atoms with E-state index in [0.29, 0.717) is 6.04 Å². The van der Waals surface area contributed by atoms with Gasteiger partial charge in [-0.1, -0.05) is 27.7 Å². The Balaban J connectivity index is 2.54. The highest BCUT2D eigenvalue weighted by molar-refractivity contribution is 7.98. The van der Waals surface area contributed by atoms with Gasteiger partial charge >= 0.3 is 0 Å². The van der Waals surface area contributed by atoms with E-state index < -0.39 is 0 Å². The third-order valence-electron chi connectivity index (χ3n) is 3.65. The fourth-order valence-electron chi connectivity index (χ4n) is 2.42. The molecule has 0 aromatic heterocycles. The van der Waals surface area contributed by atoms with Gasteiger partial charge in [0, 0.05) is 37.5 Å². The Kier molecular flexibility index (Phi) is 6.16. The lowest BCUT2D eigenvalue weighted by Crippen LogP contribution is -2.60. The van der Waals surface area contributed by atoms with Gasteiger partial charge in [0.15, 0.2) is 0 Å². The van der Waals surface area contributed by atoms with Gasteiger partial charge in [0.1, 0.15) is 0 Å². The Bertz CT molecular complexity index is 194. The zero-order valence-electron chi connectivity index (χ0n) is 11.5. The maximum Gasteiger partial charge on any atom is 0.0244 e. The zero-order chi connectivity index (χ0) is 12.1. The number of thioether (sulfide) groups is 1. The minimum Gasteiger partial charge on any atom is -0.311 e. The second-order valence-electron chi connectivity index (χ2n) is 5.56. The van der Waals surface area contributed by atoms with E-state index in [2.05, 4.69) is 44.2 Å². The predicted molar refractivity (Wildman–Crippen MR) is 75.2 cm³/mol. The van der Waals surface area contributed by atoms with Gasteiger partial charge in [0.25, 0.3) is 0 Å². The fourth-order valence-corrected chi connectivity index (χ4v) is 2.84. The van der Waals surface area contributed by atoms with E-state index in [4.69, 9.17) is 0 Å². The molecule has 0 aromatic rings. The van der Waals surface area contributed by atoms with Crippen LogP contribution < -0.4 is 5.32 Å². The number of hydrogen-bond acceptors (Lipinski definition) is 3. The normalized spacial score (nSPS) is 27.9. The maximum atomic E-state index is 3.71. The van der Waals surface area contributed by atoms with E-state index in [1.165, 1.54) is 18.8 Å². The minimum atomic E-state index is 0.678. The summed E-state index contributed by atoms with van der Waals surface area (Å²) in [6.45, 7) is 13.0. The molecule has 1 aliphatic heterocycles. The largest absolute Gasteiger partial charge is 0.311 e. The molecule has 1 rings (SSSR count). The van der Waals surface area contributed by atoms with Crippen LogP contribution in [-0.4, -0.2) is 48.6 Å². The molecule has 96 valence electrons. The van der Waals surface area contributed by atoms with Crippen LogP contribution in [-0.2, 0) is 0 Å². The highest BCUT2D eigenvalue weighted by Gasteiger charge is 2.30. The molecule has 0 saturated carbocycles. The lowest BCUT2D eigenvalue weighted by atomic mass is 9.94. The molecular formula is C13H28N2S. The number of rotatable bonds is 5. The van der Waals surface area contributed by atoms with Crippen LogP contribution in [0, 0.1) is 11.8 Å². The molecule has 0 bridgehead atoms. The molecule has 1 aliphatic rings. The molecule has 16 heavy (non-hydrogen) atoms. The summed E-state index contributed by atoms with van der Waals surface area (Å²) in [5, 5.41) is 3.71. The first-order valence-electron chi connectivity index (χ1n) is 6.52. The zero-order valence-corrected chi connectivity index (χ0v) is 12.3. The van der Waals surface area contributed by atoms with Crippen molar-refractivity contribution in [3.05, 3.63) is 0 Å². The molecule has 0 spiro atoms. The van der Waals surface area contributed by atoms with E-state index in [1.54, 1.807) is 0 Å². The highest BCUT2D eigenvalue weighted by atomic mass is 32.2. The molecule has 1 saturated heterocycles. The van der Waals surface area contributed by atoms with Crippen LogP contribution in [0.3, 0.4) is 0 Å². The number of nitrogens with one attached hydrogen (secondary N) is 1. The summed E-state index contributed by atoms with van der Waals surface area (Å²) in [5.41, 5.74) is 0. The lowest BCUT2D eigenvalue weighted by Gasteiger charge is -2.43. The Hall–Kier alpha value is 0.270. The molecule has 2 nitrogen and oxygen atoms in total. The fraction of sp³-hybridized carbons (Fsp3) is 1.00. The van der Waals surface area contributed by atoms with E-state index in [1.807, 2.05) is 11.8 Å². The van der Waals surface area contributed by atoms with Gasteiger partial charge in [-0.25, -0.2) is 0 Å². The Labute approximate surface area is 106 Å². The van der Waals surface area contributed by atoms with Gasteiger partial charge in [0.05, 0.1) is 0 Å². The Morgan fingerprint density at radius 2 is 1.94 bits per heavy atom. The van der Waals surface area contributed by atoms with E-state index >= 15 is 0 Å². The van der Waals surface area contributed by atoms with Crippen LogP contribution in [0.2, 0.25) is 0 Å². The summed E-state index contributed by atoms with van der Waals surface area (Å²) in [6, 6.07) is 1.40. The van der Waals surface area contributed by atoms with Crippen LogP contribution >= 0.6 is 11.8 Å². The Morgan fingerprint density at radius 1 is 1.25 bits per heavy atom. The molecule has 0 aromatic carbocycles. The van der Waals surface area contributed by atoms with Crippen molar-refractivity contribution < 1.29 is 0 Å². The van der Waals surface area contributed by atoms with Gasteiger partial charge in [-0.15, -0.1) is 0 Å². The molecule has 2 atom stereocenters. The van der Waals surface area contributed by atoms with E-state index in [9.17, 15) is 0 Å². The molecule has 0 radical (unpaired) electrons. The van der Waals surface area contributed by atoms with Gasteiger partial charge in [-0.05, 0) is 18.1 Å². The van der Waals surface area contributed by atoms with Crippen LogP contribution in [0.5, 0.6) is 0 Å². The first-order valence-corrected chi connectivity index (χ1v) is 7.92. The topological polar surface area (TPSA) is 15.3 Å². The second kappa shape index (κ2) is 6.87. The van der Waals surface area contributed by atoms with E-state index in [-0.39, 0.29) is 0 Å². The molecule has 0 amide bonds. The maximum absolute atomic E-state index is 3.71. The number of piperazine rings is 1. The van der Waals surface area contributed by atoms with Crippen LogP contribution in [0.4, 0.5) is 0 Å². The highest BCUT2D eigenvalue weighted by Crippen LogP contribution is 2.18. The van der Waals surface area contributed by atoms with Gasteiger partial charge in [0.2, 0.25) is 0 Å². The van der Waals surface area contributed by atoms with Crippen LogP contribution in [0.15, 0.2) is 0 Å². The summed E-state index contributed by atoms with van der Waals surface area (Å²) in [5.74, 6) is 2.75. The van der Waals surface area contributed by atoms with Crippen molar-refractivity contribution in [1.82, 2.24) is 10.2 Å². The number of hydrogen-bond donors (Lipinski definition) is 1. The molecule has 2 unspecified atom stereocenters. The molecule has 0 aliphatic carbocycles. The monoisotopic (exact) mass is 244 g/mol. The quantitative estimate of drug-likeness (QED) is 0.799. The number of nitrogens with zero attached hydrogens (tertiary/aromatic N) is 1. The van der Waals surface area contributed by atoms with Gasteiger partial charge in [-0.3, -0.25) is 4.90 Å². The molecular weight excluding hydrogens is 216 g/mol. The summed E-state index contributed by atoms with van der Waals surface area (Å²) in [4.78, 5) is 2.70. The van der Waals surface area contributed by atoms with Crippen molar-refractivity contribution in [1.29, 1.82) is 0 Å². The second-order valence-corrected chi connectivity index (χ2v) is 6.54. The lowest BCUT2D eigenvalue weighted by molar-refractivity contribution is 0.0918. The smallest absolute Gasteiger partial charge is 0.0244 e. The van der Waals surface area contributed by atoms with Crippen molar-refractivity contribution in [2.75, 3.05) is 31.6 Å².